The van der Waals surface area contributed by atoms with Crippen LogP contribution in [-0.2, 0) is 0 Å². The van der Waals surface area contributed by atoms with Crippen LogP contribution in [0.1, 0.15) is 22.8 Å². The van der Waals surface area contributed by atoms with Gasteiger partial charge in [-0.15, -0.1) is 11.3 Å². The van der Waals surface area contributed by atoms with Gasteiger partial charge in [0.2, 0.25) is 0 Å². The van der Waals surface area contributed by atoms with Gasteiger partial charge < -0.3 is 0 Å². The molecule has 0 aliphatic heterocycles. The minimum atomic E-state index is 0.684. The molecule has 0 spiro atoms. The van der Waals surface area contributed by atoms with Crippen LogP contribution in [0.15, 0.2) is 133 Å². The molecule has 5 aromatic carbocycles. The van der Waals surface area contributed by atoms with Gasteiger partial charge in [-0.1, -0.05) is 97.1 Å². The maximum absolute atomic E-state index is 5.31. The summed E-state index contributed by atoms with van der Waals surface area (Å²) in [6, 6.07) is 46.5. The van der Waals surface area contributed by atoms with Crippen molar-refractivity contribution in [2.24, 2.45) is 0 Å². The van der Waals surface area contributed by atoms with E-state index in [0.29, 0.717) is 5.82 Å². The fourth-order valence-electron chi connectivity index (χ4n) is 6.94. The Morgan fingerprint density at radius 1 is 0.358 bits per heavy atom. The predicted octanol–water partition coefficient (Wildman–Crippen LogP) is 11.7. The van der Waals surface area contributed by atoms with E-state index < -0.39 is 0 Å². The number of rotatable bonds is 6. The molecular formula is C46H34N6S. The van der Waals surface area contributed by atoms with Gasteiger partial charge in [-0.3, -0.25) is 0 Å². The molecule has 254 valence electrons. The van der Waals surface area contributed by atoms with Crippen molar-refractivity contribution in [3.63, 3.8) is 0 Å². The van der Waals surface area contributed by atoms with Crippen LogP contribution in [0.3, 0.4) is 0 Å². The normalized spacial score (nSPS) is 11.4. The molecule has 0 fully saturated rings. The van der Waals surface area contributed by atoms with Crippen molar-refractivity contribution in [2.45, 2.75) is 27.7 Å². The Labute approximate surface area is 312 Å². The van der Waals surface area contributed by atoms with E-state index in [1.165, 1.54) is 4.70 Å². The monoisotopic (exact) mass is 702 g/mol. The van der Waals surface area contributed by atoms with E-state index in [1.807, 2.05) is 45.9 Å². The second-order valence-corrected chi connectivity index (χ2v) is 14.5. The number of hydrogen-bond donors (Lipinski definition) is 0. The van der Waals surface area contributed by atoms with Crippen molar-refractivity contribution in [1.29, 1.82) is 0 Å². The lowest BCUT2D eigenvalue weighted by molar-refractivity contribution is 1.06. The second kappa shape index (κ2) is 13.3. The molecule has 0 N–H and O–H groups in total. The molecule has 9 rings (SSSR count). The standard InChI is InChI=1S/C46H34N6S/c1-27-22-28(2)48-44(47-27)34-18-14-31(15-19-34)36-24-37(32-16-20-35(21-17-32)45-49-29(3)23-30(4)50-45)26-38(25-36)46-51-41(33-10-6-5-7-11-33)43-42(52-46)39-12-8-9-13-40(39)53-43/h5-26H,1-4H3. The van der Waals surface area contributed by atoms with Gasteiger partial charge in [-0.25, -0.2) is 29.9 Å². The Kier molecular flexibility index (Phi) is 8.13. The highest BCUT2D eigenvalue weighted by Gasteiger charge is 2.18. The van der Waals surface area contributed by atoms with Crippen molar-refractivity contribution in [2.75, 3.05) is 0 Å². The van der Waals surface area contributed by atoms with E-state index >= 15 is 0 Å². The zero-order valence-electron chi connectivity index (χ0n) is 29.8. The third kappa shape index (κ3) is 6.36. The Morgan fingerprint density at radius 2 is 0.811 bits per heavy atom. The van der Waals surface area contributed by atoms with Crippen molar-refractivity contribution in [3.8, 4) is 67.7 Å². The zero-order chi connectivity index (χ0) is 36.1. The van der Waals surface area contributed by atoms with Crippen LogP contribution in [0.4, 0.5) is 0 Å². The summed E-state index contributed by atoms with van der Waals surface area (Å²) in [5, 5.41) is 1.14. The molecule has 0 bridgehead atoms. The summed E-state index contributed by atoms with van der Waals surface area (Å²) in [6.45, 7) is 8.01. The van der Waals surface area contributed by atoms with Crippen LogP contribution in [0.2, 0.25) is 0 Å². The Hall–Kier alpha value is -6.44. The molecule has 4 heterocycles. The number of thiophene rings is 1. The highest BCUT2D eigenvalue weighted by atomic mass is 32.1. The van der Waals surface area contributed by atoms with Gasteiger partial charge in [0.1, 0.15) is 0 Å². The van der Waals surface area contributed by atoms with Gasteiger partial charge in [0, 0.05) is 55.1 Å². The second-order valence-electron chi connectivity index (χ2n) is 13.4. The lowest BCUT2D eigenvalue weighted by Gasteiger charge is -2.13. The average molecular weight is 703 g/mol. The number of nitrogens with zero attached hydrogens (tertiary/aromatic N) is 6. The summed E-state index contributed by atoms with van der Waals surface area (Å²) >= 11 is 1.74. The third-order valence-electron chi connectivity index (χ3n) is 9.38. The summed E-state index contributed by atoms with van der Waals surface area (Å²) < 4.78 is 2.28. The lowest BCUT2D eigenvalue weighted by Crippen LogP contribution is -1.96. The number of benzene rings is 5. The summed E-state index contributed by atoms with van der Waals surface area (Å²) in [5.74, 6) is 2.15. The third-order valence-corrected chi connectivity index (χ3v) is 10.5. The maximum Gasteiger partial charge on any atom is 0.160 e. The number of hydrogen-bond acceptors (Lipinski definition) is 7. The lowest BCUT2D eigenvalue weighted by atomic mass is 9.94. The largest absolute Gasteiger partial charge is 0.233 e. The van der Waals surface area contributed by atoms with Crippen molar-refractivity contribution in [3.05, 3.63) is 156 Å². The fraction of sp³-hybridized carbons (Fsp3) is 0.0870. The quantitative estimate of drug-likeness (QED) is 0.172. The number of aromatic nitrogens is 6. The van der Waals surface area contributed by atoms with Gasteiger partial charge in [0.15, 0.2) is 17.5 Å². The van der Waals surface area contributed by atoms with Crippen molar-refractivity contribution in [1.82, 2.24) is 29.9 Å². The minimum Gasteiger partial charge on any atom is -0.233 e. The molecule has 4 aromatic heterocycles. The molecule has 0 amide bonds. The summed E-state index contributed by atoms with van der Waals surface area (Å²) in [6.07, 6.45) is 0. The van der Waals surface area contributed by atoms with Crippen LogP contribution >= 0.6 is 11.3 Å². The van der Waals surface area contributed by atoms with Crippen LogP contribution in [0.5, 0.6) is 0 Å². The van der Waals surface area contributed by atoms with Gasteiger partial charge in [0.25, 0.3) is 0 Å². The Bertz CT molecular complexity index is 2650. The highest BCUT2D eigenvalue weighted by molar-refractivity contribution is 7.26. The van der Waals surface area contributed by atoms with Crippen LogP contribution in [0.25, 0.3) is 88.0 Å². The topological polar surface area (TPSA) is 77.3 Å². The van der Waals surface area contributed by atoms with Gasteiger partial charge >= 0.3 is 0 Å². The molecule has 0 aliphatic carbocycles. The number of aryl methyl sites for hydroxylation is 4. The van der Waals surface area contributed by atoms with Crippen molar-refractivity contribution < 1.29 is 0 Å². The molecular weight excluding hydrogens is 669 g/mol. The van der Waals surface area contributed by atoms with E-state index in [0.717, 1.165) is 100 Å². The Balaban J connectivity index is 1.22. The maximum atomic E-state index is 5.31. The minimum absolute atomic E-state index is 0.684. The number of fused-ring (bicyclic) bond motifs is 3. The average Bonchev–Trinajstić information content (AvgIpc) is 3.56. The highest BCUT2D eigenvalue weighted by Crippen LogP contribution is 2.40. The summed E-state index contributed by atoms with van der Waals surface area (Å²) in [7, 11) is 0. The zero-order valence-corrected chi connectivity index (χ0v) is 30.6. The molecule has 0 unspecified atom stereocenters. The van der Waals surface area contributed by atoms with Crippen LogP contribution in [0, 0.1) is 27.7 Å². The molecule has 7 heteroatoms. The van der Waals surface area contributed by atoms with E-state index in [4.69, 9.17) is 29.9 Å². The first-order valence-corrected chi connectivity index (χ1v) is 18.4. The van der Waals surface area contributed by atoms with Crippen molar-refractivity contribution >= 4 is 31.6 Å². The Morgan fingerprint density at radius 3 is 1.36 bits per heavy atom. The fourth-order valence-corrected chi connectivity index (χ4v) is 8.09. The predicted molar refractivity (Wildman–Crippen MR) is 218 cm³/mol. The van der Waals surface area contributed by atoms with E-state index in [9.17, 15) is 0 Å². The van der Waals surface area contributed by atoms with E-state index in [-0.39, 0.29) is 0 Å². The van der Waals surface area contributed by atoms with E-state index in [1.54, 1.807) is 11.3 Å². The molecule has 0 radical (unpaired) electrons. The molecule has 0 atom stereocenters. The molecule has 0 aliphatic rings. The van der Waals surface area contributed by atoms with E-state index in [2.05, 4.69) is 115 Å². The molecule has 9 aromatic rings. The summed E-state index contributed by atoms with van der Waals surface area (Å²) in [5.41, 5.74) is 14.0. The molecule has 0 saturated carbocycles. The van der Waals surface area contributed by atoms with Gasteiger partial charge in [-0.2, -0.15) is 0 Å². The van der Waals surface area contributed by atoms with Crippen LogP contribution < -0.4 is 0 Å². The molecule has 0 saturated heterocycles. The SMILES string of the molecule is Cc1cc(C)nc(-c2ccc(-c3cc(-c4ccc(-c5nc(C)cc(C)n5)cc4)cc(-c4nc(-c5ccccc5)c5sc6ccccc6c5n4)c3)cc2)n1. The first-order valence-electron chi connectivity index (χ1n) is 17.6. The van der Waals surface area contributed by atoms with Gasteiger partial charge in [-0.05, 0) is 86.3 Å². The smallest absolute Gasteiger partial charge is 0.160 e. The van der Waals surface area contributed by atoms with Crippen LogP contribution in [-0.4, -0.2) is 29.9 Å². The van der Waals surface area contributed by atoms with Gasteiger partial charge in [0.05, 0.1) is 15.9 Å². The summed E-state index contributed by atoms with van der Waals surface area (Å²) in [4.78, 5) is 29.4. The molecule has 53 heavy (non-hydrogen) atoms. The molecule has 6 nitrogen and oxygen atoms in total. The first kappa shape index (κ1) is 32.5. The first-order chi connectivity index (χ1) is 25.8.